The van der Waals surface area contributed by atoms with Crippen LogP contribution in [0, 0.1) is 0 Å². The molecule has 0 bridgehead atoms. The van der Waals surface area contributed by atoms with E-state index in [-0.39, 0.29) is 17.9 Å². The zero-order valence-electron chi connectivity index (χ0n) is 12.0. The van der Waals surface area contributed by atoms with E-state index in [1.807, 2.05) is 41.0 Å². The minimum Gasteiger partial charge on any atom is -0.347 e. The fourth-order valence-corrected chi connectivity index (χ4v) is 2.52. The number of carbonyl (C=O) groups excluding carboxylic acids is 1. The van der Waals surface area contributed by atoms with Gasteiger partial charge < -0.3 is 9.47 Å². The number of para-hydroxylation sites is 2. The van der Waals surface area contributed by atoms with Crippen molar-refractivity contribution in [3.8, 4) is 0 Å². The van der Waals surface area contributed by atoms with Gasteiger partial charge in [0.2, 0.25) is 5.91 Å². The summed E-state index contributed by atoms with van der Waals surface area (Å²) in [7, 11) is 3.46. The molecule has 1 aromatic heterocycles. The van der Waals surface area contributed by atoms with Crippen LogP contribution in [0.5, 0.6) is 0 Å². The maximum absolute atomic E-state index is 12.6. The minimum absolute atomic E-state index is 0.00560. The van der Waals surface area contributed by atoms with Gasteiger partial charge in [-0.25, -0.2) is 0 Å². The fourth-order valence-electron chi connectivity index (χ4n) is 2.52. The van der Waals surface area contributed by atoms with Crippen molar-refractivity contribution in [2.24, 2.45) is 0 Å². The molecule has 0 fully saturated rings. The molecule has 0 unspecified atom stereocenters. The lowest BCUT2D eigenvalue weighted by Gasteiger charge is -2.17. The van der Waals surface area contributed by atoms with Gasteiger partial charge in [0.1, 0.15) is 6.54 Å². The van der Waals surface area contributed by atoms with E-state index >= 15 is 0 Å². The van der Waals surface area contributed by atoms with E-state index in [0.29, 0.717) is 10.8 Å². The first kappa shape index (κ1) is 13.4. The van der Waals surface area contributed by atoms with Crippen molar-refractivity contribution >= 4 is 27.7 Å². The molecule has 1 heterocycles. The van der Waals surface area contributed by atoms with E-state index < -0.39 is 0 Å². The third kappa shape index (κ3) is 2.18. The standard InChI is InChI=1S/C17H16N2O2/c1-18(2)16(20)11-19-14-9-5-3-7-12(14)17(21)13-8-4-6-10-15(13)19/h3-10H,11H2,1-2H3. The van der Waals surface area contributed by atoms with Gasteiger partial charge in [-0.05, 0) is 24.3 Å². The van der Waals surface area contributed by atoms with E-state index in [9.17, 15) is 9.59 Å². The molecular weight excluding hydrogens is 264 g/mol. The van der Waals surface area contributed by atoms with Crippen molar-refractivity contribution in [2.75, 3.05) is 14.1 Å². The largest absolute Gasteiger partial charge is 0.347 e. The SMILES string of the molecule is CN(C)C(=O)Cn1c2ccccc2c(=O)c2ccccc21. The van der Waals surface area contributed by atoms with E-state index in [4.69, 9.17) is 0 Å². The zero-order valence-corrected chi connectivity index (χ0v) is 12.0. The van der Waals surface area contributed by atoms with Crippen LogP contribution in [0.3, 0.4) is 0 Å². The number of pyridine rings is 1. The lowest BCUT2D eigenvalue weighted by Crippen LogP contribution is -2.27. The van der Waals surface area contributed by atoms with Crippen molar-refractivity contribution in [1.29, 1.82) is 0 Å². The molecule has 21 heavy (non-hydrogen) atoms. The molecule has 0 spiro atoms. The van der Waals surface area contributed by atoms with Crippen LogP contribution in [0.15, 0.2) is 53.3 Å². The molecule has 0 atom stereocenters. The summed E-state index contributed by atoms with van der Waals surface area (Å²) in [5.41, 5.74) is 1.59. The number of fused-ring (bicyclic) bond motifs is 2. The van der Waals surface area contributed by atoms with E-state index in [1.165, 1.54) is 0 Å². The second kappa shape index (κ2) is 5.05. The lowest BCUT2D eigenvalue weighted by molar-refractivity contribution is -0.129. The summed E-state index contributed by atoms with van der Waals surface area (Å²) in [6.07, 6.45) is 0. The fraction of sp³-hybridized carbons (Fsp3) is 0.176. The van der Waals surface area contributed by atoms with Gasteiger partial charge >= 0.3 is 0 Å². The van der Waals surface area contributed by atoms with Gasteiger partial charge in [0.15, 0.2) is 5.43 Å². The first-order chi connectivity index (χ1) is 10.1. The van der Waals surface area contributed by atoms with Gasteiger partial charge in [0.25, 0.3) is 0 Å². The maximum atomic E-state index is 12.6. The molecule has 2 aromatic carbocycles. The van der Waals surface area contributed by atoms with Gasteiger partial charge in [0.05, 0.1) is 11.0 Å². The predicted octanol–water partition coefficient (Wildman–Crippen LogP) is 2.24. The van der Waals surface area contributed by atoms with E-state index in [1.54, 1.807) is 31.1 Å². The Balaban J connectivity index is 2.40. The van der Waals surface area contributed by atoms with Crippen LogP contribution in [-0.4, -0.2) is 29.5 Å². The van der Waals surface area contributed by atoms with Crippen LogP contribution in [0.1, 0.15) is 0 Å². The molecule has 3 aromatic rings. The number of carbonyl (C=O) groups is 1. The Morgan fingerprint density at radius 2 is 1.43 bits per heavy atom. The molecule has 4 nitrogen and oxygen atoms in total. The Labute approximate surface area is 122 Å². The maximum Gasteiger partial charge on any atom is 0.242 e. The van der Waals surface area contributed by atoms with Crippen molar-refractivity contribution in [1.82, 2.24) is 9.47 Å². The summed E-state index contributed by atoms with van der Waals surface area (Å²) < 4.78 is 1.91. The Morgan fingerprint density at radius 1 is 0.952 bits per heavy atom. The second-order valence-electron chi connectivity index (χ2n) is 5.24. The minimum atomic E-state index is -0.00560. The summed E-state index contributed by atoms with van der Waals surface area (Å²) in [4.78, 5) is 26.2. The summed E-state index contributed by atoms with van der Waals surface area (Å²) >= 11 is 0. The van der Waals surface area contributed by atoms with Crippen molar-refractivity contribution in [3.63, 3.8) is 0 Å². The Kier molecular flexibility index (Phi) is 3.22. The average Bonchev–Trinajstić information content (AvgIpc) is 2.51. The molecule has 0 radical (unpaired) electrons. The van der Waals surface area contributed by atoms with E-state index in [0.717, 1.165) is 11.0 Å². The number of hydrogen-bond donors (Lipinski definition) is 0. The van der Waals surface area contributed by atoms with Crippen LogP contribution >= 0.6 is 0 Å². The number of aromatic nitrogens is 1. The highest BCUT2D eigenvalue weighted by molar-refractivity contribution is 5.94. The van der Waals surface area contributed by atoms with Gasteiger partial charge in [-0.1, -0.05) is 24.3 Å². The first-order valence-electron chi connectivity index (χ1n) is 6.80. The molecule has 0 saturated carbocycles. The van der Waals surface area contributed by atoms with Crippen molar-refractivity contribution in [3.05, 3.63) is 58.8 Å². The van der Waals surface area contributed by atoms with Crippen LogP contribution in [0.4, 0.5) is 0 Å². The van der Waals surface area contributed by atoms with Crippen molar-refractivity contribution < 1.29 is 4.79 Å². The molecular formula is C17H16N2O2. The van der Waals surface area contributed by atoms with Gasteiger partial charge in [-0.3, -0.25) is 9.59 Å². The quantitative estimate of drug-likeness (QED) is 0.676. The monoisotopic (exact) mass is 280 g/mol. The molecule has 0 aliphatic rings. The van der Waals surface area contributed by atoms with Crippen LogP contribution in [0.25, 0.3) is 21.8 Å². The number of amides is 1. The molecule has 0 aliphatic heterocycles. The van der Waals surface area contributed by atoms with Crippen LogP contribution < -0.4 is 5.43 Å². The first-order valence-corrected chi connectivity index (χ1v) is 6.80. The third-order valence-corrected chi connectivity index (χ3v) is 3.67. The molecule has 4 heteroatoms. The average molecular weight is 280 g/mol. The molecule has 0 saturated heterocycles. The highest BCUT2D eigenvalue weighted by Crippen LogP contribution is 2.19. The second-order valence-corrected chi connectivity index (χ2v) is 5.24. The normalized spacial score (nSPS) is 11.0. The number of benzene rings is 2. The highest BCUT2D eigenvalue weighted by atomic mass is 16.2. The van der Waals surface area contributed by atoms with Gasteiger partial charge in [-0.15, -0.1) is 0 Å². The number of likely N-dealkylation sites (N-methyl/N-ethyl adjacent to an activating group) is 1. The Hall–Kier alpha value is -2.62. The molecule has 0 N–H and O–H groups in total. The summed E-state index contributed by atoms with van der Waals surface area (Å²) in [5.74, 6) is -0.00560. The number of nitrogens with zero attached hydrogens (tertiary/aromatic N) is 2. The predicted molar refractivity (Wildman–Crippen MR) is 84.4 cm³/mol. The van der Waals surface area contributed by atoms with Gasteiger partial charge in [0, 0.05) is 24.9 Å². The van der Waals surface area contributed by atoms with Crippen LogP contribution in [-0.2, 0) is 11.3 Å². The third-order valence-electron chi connectivity index (χ3n) is 3.67. The van der Waals surface area contributed by atoms with Crippen LogP contribution in [0.2, 0.25) is 0 Å². The van der Waals surface area contributed by atoms with Gasteiger partial charge in [-0.2, -0.15) is 0 Å². The molecule has 0 aliphatic carbocycles. The summed E-state index contributed by atoms with van der Waals surface area (Å²) in [6, 6.07) is 14.8. The topological polar surface area (TPSA) is 42.3 Å². The van der Waals surface area contributed by atoms with Crippen molar-refractivity contribution in [2.45, 2.75) is 6.54 Å². The molecule has 1 amide bonds. The summed E-state index contributed by atoms with van der Waals surface area (Å²) in [6.45, 7) is 0.217. The Morgan fingerprint density at radius 3 is 1.90 bits per heavy atom. The lowest BCUT2D eigenvalue weighted by atomic mass is 10.1. The van der Waals surface area contributed by atoms with E-state index in [2.05, 4.69) is 0 Å². The summed E-state index contributed by atoms with van der Waals surface area (Å²) in [5, 5.41) is 1.28. The molecule has 106 valence electrons. The number of hydrogen-bond acceptors (Lipinski definition) is 2. The highest BCUT2D eigenvalue weighted by Gasteiger charge is 2.13. The zero-order chi connectivity index (χ0) is 15.0. The smallest absolute Gasteiger partial charge is 0.242 e. The molecule has 3 rings (SSSR count). The Bertz CT molecular complexity index is 834. The number of rotatable bonds is 2.